The van der Waals surface area contributed by atoms with Crippen LogP contribution in [0.1, 0.15) is 5.56 Å². The Bertz CT molecular complexity index is 436. The fourth-order valence-corrected chi connectivity index (χ4v) is 2.77. The van der Waals surface area contributed by atoms with E-state index in [-0.39, 0.29) is 0 Å². The van der Waals surface area contributed by atoms with Crippen molar-refractivity contribution in [3.8, 4) is 0 Å². The number of amides is 1. The summed E-state index contributed by atoms with van der Waals surface area (Å²) in [6, 6.07) is 7.88. The Kier molecular flexibility index (Phi) is 3.51. The van der Waals surface area contributed by atoms with Crippen molar-refractivity contribution in [3.63, 3.8) is 0 Å². The highest BCUT2D eigenvalue weighted by Crippen LogP contribution is 2.27. The summed E-state index contributed by atoms with van der Waals surface area (Å²) >= 11 is 6.90. The zero-order valence-corrected chi connectivity index (χ0v) is 10.1. The van der Waals surface area contributed by atoms with Gasteiger partial charge >= 0.3 is 11.1 Å². The lowest BCUT2D eigenvalue weighted by Crippen LogP contribution is -2.35. The normalized spacial score (nSPS) is 15.2. The van der Waals surface area contributed by atoms with Crippen molar-refractivity contribution in [1.82, 2.24) is 4.90 Å². The maximum atomic E-state index is 11.5. The molecule has 1 aromatic carbocycles. The molecule has 0 atom stereocenters. The summed E-state index contributed by atoms with van der Waals surface area (Å²) in [6.07, 6.45) is 0. The molecule has 16 heavy (non-hydrogen) atoms. The van der Waals surface area contributed by atoms with Crippen LogP contribution in [-0.2, 0) is 16.1 Å². The fourth-order valence-electron chi connectivity index (χ4n) is 1.62. The van der Waals surface area contributed by atoms with Crippen molar-refractivity contribution in [3.05, 3.63) is 29.8 Å². The molecule has 0 radical (unpaired) electrons. The summed E-state index contributed by atoms with van der Waals surface area (Å²) in [6.45, 7) is 1.01. The van der Waals surface area contributed by atoms with Crippen LogP contribution in [0.5, 0.6) is 0 Å². The second kappa shape index (κ2) is 4.89. The van der Waals surface area contributed by atoms with Crippen molar-refractivity contribution in [1.29, 1.82) is 0 Å². The number of thioether (sulfide) groups is 1. The van der Waals surface area contributed by atoms with Crippen LogP contribution in [0.2, 0.25) is 0 Å². The van der Waals surface area contributed by atoms with Gasteiger partial charge in [-0.1, -0.05) is 18.2 Å². The van der Waals surface area contributed by atoms with E-state index in [1.165, 1.54) is 9.80 Å². The molecule has 0 saturated heterocycles. The van der Waals surface area contributed by atoms with Gasteiger partial charge in [0.15, 0.2) is 0 Å². The molecule has 1 aromatic rings. The third kappa shape index (κ3) is 2.39. The second-order valence-corrected chi connectivity index (χ2v) is 4.94. The Morgan fingerprint density at radius 2 is 2.06 bits per heavy atom. The van der Waals surface area contributed by atoms with Gasteiger partial charge in [0.2, 0.25) is 0 Å². The molecule has 1 heterocycles. The molecular formula is C11H10ClNO2S. The molecule has 0 spiro atoms. The van der Waals surface area contributed by atoms with Crippen molar-refractivity contribution in [2.45, 2.75) is 11.4 Å². The zero-order chi connectivity index (χ0) is 11.5. The van der Waals surface area contributed by atoms with Crippen LogP contribution in [0.4, 0.5) is 0 Å². The third-order valence-corrected chi connectivity index (χ3v) is 3.67. The molecule has 1 aliphatic heterocycles. The number of benzene rings is 1. The van der Waals surface area contributed by atoms with E-state index in [4.69, 9.17) is 11.6 Å². The van der Waals surface area contributed by atoms with Crippen LogP contribution in [0.25, 0.3) is 0 Å². The highest BCUT2D eigenvalue weighted by molar-refractivity contribution is 7.99. The number of nitrogens with zero attached hydrogens (tertiary/aromatic N) is 1. The van der Waals surface area contributed by atoms with E-state index < -0.39 is 11.1 Å². The highest BCUT2D eigenvalue weighted by Gasteiger charge is 2.22. The minimum Gasteiger partial charge on any atom is -0.330 e. The number of fused-ring (bicyclic) bond motifs is 1. The molecule has 0 aliphatic carbocycles. The monoisotopic (exact) mass is 255 g/mol. The van der Waals surface area contributed by atoms with Gasteiger partial charge in [-0.05, 0) is 23.2 Å². The summed E-state index contributed by atoms with van der Waals surface area (Å²) in [5.41, 5.74) is 1.07. The first-order chi connectivity index (χ1) is 7.68. The molecule has 5 heteroatoms. The number of rotatable bonds is 1. The zero-order valence-electron chi connectivity index (χ0n) is 8.48. The van der Waals surface area contributed by atoms with Gasteiger partial charge in [-0.3, -0.25) is 9.59 Å². The molecule has 0 N–H and O–H groups in total. The molecule has 0 saturated carbocycles. The van der Waals surface area contributed by atoms with E-state index in [1.54, 1.807) is 11.8 Å². The lowest BCUT2D eigenvalue weighted by molar-refractivity contribution is -0.141. The van der Waals surface area contributed by atoms with Gasteiger partial charge < -0.3 is 4.90 Å². The summed E-state index contributed by atoms with van der Waals surface area (Å²) in [5.74, 6) is 0.173. The Hall–Kier alpha value is -1.00. The van der Waals surface area contributed by atoms with E-state index in [9.17, 15) is 9.59 Å². The number of halogens is 1. The number of hydrogen-bond acceptors (Lipinski definition) is 3. The number of hydrogen-bond donors (Lipinski definition) is 0. The average molecular weight is 256 g/mol. The third-order valence-electron chi connectivity index (χ3n) is 2.41. The largest absolute Gasteiger partial charge is 0.330 e. The van der Waals surface area contributed by atoms with Crippen molar-refractivity contribution < 1.29 is 9.59 Å². The maximum absolute atomic E-state index is 11.5. The van der Waals surface area contributed by atoms with Crippen molar-refractivity contribution in [2.24, 2.45) is 0 Å². The van der Waals surface area contributed by atoms with Gasteiger partial charge in [0.25, 0.3) is 0 Å². The molecular weight excluding hydrogens is 246 g/mol. The van der Waals surface area contributed by atoms with Gasteiger partial charge in [-0.15, -0.1) is 11.8 Å². The minimum atomic E-state index is -0.913. The van der Waals surface area contributed by atoms with E-state index in [2.05, 4.69) is 0 Å². The van der Waals surface area contributed by atoms with Gasteiger partial charge in [0.1, 0.15) is 0 Å². The standard InChI is InChI=1S/C11H10ClNO2S/c12-10(14)11(15)13-5-6-16-9-4-2-1-3-8(9)7-13/h1-4H,5-7H2. The molecule has 2 rings (SSSR count). The molecule has 84 valence electrons. The lowest BCUT2D eigenvalue weighted by atomic mass is 10.2. The number of carbonyl (C=O) groups is 2. The molecule has 0 aromatic heterocycles. The molecule has 0 fully saturated rings. The molecule has 3 nitrogen and oxygen atoms in total. The Balaban J connectivity index is 2.23. The summed E-state index contributed by atoms with van der Waals surface area (Å²) in [7, 11) is 0. The summed E-state index contributed by atoms with van der Waals surface area (Å²) in [5, 5.41) is -0.913. The van der Waals surface area contributed by atoms with E-state index in [0.717, 1.165) is 11.3 Å². The van der Waals surface area contributed by atoms with Crippen molar-refractivity contribution >= 4 is 34.5 Å². The molecule has 1 amide bonds. The smallest absolute Gasteiger partial charge is 0.310 e. The quantitative estimate of drug-likeness (QED) is 0.568. The maximum Gasteiger partial charge on any atom is 0.310 e. The lowest BCUT2D eigenvalue weighted by Gasteiger charge is -2.17. The van der Waals surface area contributed by atoms with E-state index in [0.29, 0.717) is 13.1 Å². The summed E-state index contributed by atoms with van der Waals surface area (Å²) in [4.78, 5) is 25.0. The van der Waals surface area contributed by atoms with Crippen LogP contribution < -0.4 is 0 Å². The Morgan fingerprint density at radius 1 is 1.31 bits per heavy atom. The van der Waals surface area contributed by atoms with Gasteiger partial charge in [-0.2, -0.15) is 0 Å². The number of carbonyl (C=O) groups excluding carboxylic acids is 2. The molecule has 0 unspecified atom stereocenters. The van der Waals surface area contributed by atoms with Crippen LogP contribution in [0.3, 0.4) is 0 Å². The Morgan fingerprint density at radius 3 is 2.81 bits per heavy atom. The minimum absolute atomic E-state index is 0.459. The van der Waals surface area contributed by atoms with Crippen LogP contribution in [0, 0.1) is 0 Å². The van der Waals surface area contributed by atoms with Gasteiger partial charge in [0, 0.05) is 23.7 Å². The van der Waals surface area contributed by atoms with Crippen LogP contribution >= 0.6 is 23.4 Å². The van der Waals surface area contributed by atoms with Crippen molar-refractivity contribution in [2.75, 3.05) is 12.3 Å². The van der Waals surface area contributed by atoms with E-state index in [1.807, 2.05) is 24.3 Å². The average Bonchev–Trinajstić information content (AvgIpc) is 2.49. The second-order valence-electron chi connectivity index (χ2n) is 3.46. The topological polar surface area (TPSA) is 37.4 Å². The highest BCUT2D eigenvalue weighted by atomic mass is 35.5. The first-order valence-corrected chi connectivity index (χ1v) is 6.24. The molecule has 1 aliphatic rings. The van der Waals surface area contributed by atoms with E-state index >= 15 is 0 Å². The van der Waals surface area contributed by atoms with Gasteiger partial charge in [0.05, 0.1) is 0 Å². The Labute approximate surface area is 103 Å². The fraction of sp³-hybridized carbons (Fsp3) is 0.273. The van der Waals surface area contributed by atoms with Crippen LogP contribution in [0.15, 0.2) is 29.2 Å². The first kappa shape index (κ1) is 11.5. The SMILES string of the molecule is O=C(Cl)C(=O)N1CCSc2ccccc2C1. The first-order valence-electron chi connectivity index (χ1n) is 4.88. The summed E-state index contributed by atoms with van der Waals surface area (Å²) < 4.78 is 0. The van der Waals surface area contributed by atoms with Crippen LogP contribution in [-0.4, -0.2) is 28.3 Å². The predicted octanol–water partition coefficient (Wildman–Crippen LogP) is 1.89. The predicted molar refractivity (Wildman–Crippen MR) is 63.4 cm³/mol. The molecule has 0 bridgehead atoms. The van der Waals surface area contributed by atoms with Gasteiger partial charge in [-0.25, -0.2) is 0 Å².